The molecule has 21 heavy (non-hydrogen) atoms. The van der Waals surface area contributed by atoms with Crippen molar-refractivity contribution in [1.82, 2.24) is 4.98 Å². The molecule has 1 aliphatic heterocycles. The number of anilines is 2. The quantitative estimate of drug-likeness (QED) is 0.918. The maximum atomic E-state index is 12.2. The molecule has 3 rings (SSSR count). The van der Waals surface area contributed by atoms with Gasteiger partial charge in [-0.05, 0) is 42.3 Å². The summed E-state index contributed by atoms with van der Waals surface area (Å²) in [5, 5.41) is 2.82. The van der Waals surface area contributed by atoms with Crippen molar-refractivity contribution in [3.8, 4) is 0 Å². The molecule has 0 spiro atoms. The van der Waals surface area contributed by atoms with E-state index in [1.807, 2.05) is 12.1 Å². The topological polar surface area (TPSA) is 62.3 Å². The van der Waals surface area contributed by atoms with E-state index in [0.29, 0.717) is 17.8 Å². The van der Waals surface area contributed by atoms with Crippen molar-refractivity contribution < 1.29 is 9.59 Å². The molecule has 2 aromatic rings. The van der Waals surface area contributed by atoms with Crippen molar-refractivity contribution in [3.05, 3.63) is 53.9 Å². The predicted octanol–water partition coefficient (Wildman–Crippen LogP) is 2.24. The van der Waals surface area contributed by atoms with Crippen molar-refractivity contribution in [1.29, 1.82) is 0 Å². The third-order valence-electron chi connectivity index (χ3n) is 3.56. The van der Waals surface area contributed by atoms with Gasteiger partial charge < -0.3 is 10.2 Å². The zero-order chi connectivity index (χ0) is 14.8. The molecule has 5 nitrogen and oxygen atoms in total. The molecule has 0 atom stereocenters. The normalized spacial score (nSPS) is 12.9. The Bertz CT molecular complexity index is 698. The molecule has 0 aliphatic carbocycles. The number of benzene rings is 1. The maximum Gasteiger partial charge on any atom is 0.255 e. The second-order valence-corrected chi connectivity index (χ2v) is 4.95. The lowest BCUT2D eigenvalue weighted by molar-refractivity contribution is -0.116. The number of nitrogens with one attached hydrogen (secondary N) is 1. The average Bonchev–Trinajstić information content (AvgIpc) is 2.91. The fourth-order valence-corrected chi connectivity index (χ4v) is 2.51. The van der Waals surface area contributed by atoms with Crippen molar-refractivity contribution in [2.75, 3.05) is 16.8 Å². The molecular weight excluding hydrogens is 266 g/mol. The molecule has 5 heteroatoms. The number of rotatable bonds is 2. The van der Waals surface area contributed by atoms with Crippen LogP contribution in [0.2, 0.25) is 0 Å². The monoisotopic (exact) mass is 281 g/mol. The van der Waals surface area contributed by atoms with Crippen LogP contribution in [0.5, 0.6) is 0 Å². The van der Waals surface area contributed by atoms with Gasteiger partial charge in [0.15, 0.2) is 0 Å². The number of nitrogens with zero attached hydrogens (tertiary/aromatic N) is 2. The smallest absolute Gasteiger partial charge is 0.255 e. The van der Waals surface area contributed by atoms with Crippen molar-refractivity contribution in [2.24, 2.45) is 0 Å². The Morgan fingerprint density at radius 1 is 1.19 bits per heavy atom. The zero-order valence-electron chi connectivity index (χ0n) is 11.7. The molecule has 0 saturated heterocycles. The first-order chi connectivity index (χ1) is 10.1. The SMILES string of the molecule is CC(=O)N1CCc2cc(C(=O)Nc3ccncc3)ccc21. The van der Waals surface area contributed by atoms with Crippen molar-refractivity contribution in [3.63, 3.8) is 0 Å². The van der Waals surface area contributed by atoms with Gasteiger partial charge in [-0.1, -0.05) is 0 Å². The Morgan fingerprint density at radius 2 is 1.95 bits per heavy atom. The van der Waals surface area contributed by atoms with Gasteiger partial charge in [-0.15, -0.1) is 0 Å². The minimum atomic E-state index is -0.162. The number of fused-ring (bicyclic) bond motifs is 1. The maximum absolute atomic E-state index is 12.2. The summed E-state index contributed by atoms with van der Waals surface area (Å²) in [6.45, 7) is 2.24. The minimum absolute atomic E-state index is 0.0303. The minimum Gasteiger partial charge on any atom is -0.322 e. The van der Waals surface area contributed by atoms with Crippen LogP contribution < -0.4 is 10.2 Å². The van der Waals surface area contributed by atoms with E-state index in [1.165, 1.54) is 0 Å². The fraction of sp³-hybridized carbons (Fsp3) is 0.188. The summed E-state index contributed by atoms with van der Waals surface area (Å²) in [5.41, 5.74) is 3.24. The lowest BCUT2D eigenvalue weighted by atomic mass is 10.1. The van der Waals surface area contributed by atoms with Gasteiger partial charge in [-0.2, -0.15) is 0 Å². The molecule has 0 saturated carbocycles. The van der Waals surface area contributed by atoms with E-state index in [-0.39, 0.29) is 11.8 Å². The lowest BCUT2D eigenvalue weighted by Gasteiger charge is -2.14. The highest BCUT2D eigenvalue weighted by atomic mass is 16.2. The number of carbonyl (C=O) groups excluding carboxylic acids is 2. The van der Waals surface area contributed by atoms with Crippen LogP contribution in [0.1, 0.15) is 22.8 Å². The first-order valence-electron chi connectivity index (χ1n) is 6.77. The second kappa shape index (κ2) is 5.36. The average molecular weight is 281 g/mol. The molecule has 1 N–H and O–H groups in total. The Morgan fingerprint density at radius 3 is 2.67 bits per heavy atom. The third-order valence-corrected chi connectivity index (χ3v) is 3.56. The number of amides is 2. The molecule has 0 radical (unpaired) electrons. The summed E-state index contributed by atoms with van der Waals surface area (Å²) < 4.78 is 0. The summed E-state index contributed by atoms with van der Waals surface area (Å²) in [7, 11) is 0. The van der Waals surface area contributed by atoms with Crippen LogP contribution in [0.3, 0.4) is 0 Å². The molecule has 106 valence electrons. The summed E-state index contributed by atoms with van der Waals surface area (Å²) >= 11 is 0. The highest BCUT2D eigenvalue weighted by Crippen LogP contribution is 2.29. The number of aromatic nitrogens is 1. The standard InChI is InChI=1S/C16H15N3O2/c1-11(20)19-9-6-12-10-13(2-3-15(12)19)16(21)18-14-4-7-17-8-5-14/h2-5,7-8,10H,6,9H2,1H3,(H,17,18,21). The van der Waals surface area contributed by atoms with Crippen LogP contribution in [0.15, 0.2) is 42.7 Å². The summed E-state index contributed by atoms with van der Waals surface area (Å²) in [5.74, 6) is -0.131. The molecule has 0 unspecified atom stereocenters. The highest BCUT2D eigenvalue weighted by molar-refractivity contribution is 6.05. The van der Waals surface area contributed by atoms with E-state index in [4.69, 9.17) is 0 Å². The Kier molecular flexibility index (Phi) is 3.39. The fourth-order valence-electron chi connectivity index (χ4n) is 2.51. The molecule has 1 aromatic heterocycles. The predicted molar refractivity (Wildman–Crippen MR) is 80.4 cm³/mol. The van der Waals surface area contributed by atoms with E-state index in [2.05, 4.69) is 10.3 Å². The molecule has 1 aliphatic rings. The van der Waals surface area contributed by atoms with Gasteiger partial charge in [0.1, 0.15) is 0 Å². The summed E-state index contributed by atoms with van der Waals surface area (Å²) in [6.07, 6.45) is 4.04. The van der Waals surface area contributed by atoms with Crippen LogP contribution in [-0.4, -0.2) is 23.3 Å². The van der Waals surface area contributed by atoms with E-state index in [0.717, 1.165) is 17.7 Å². The Hall–Kier alpha value is -2.69. The van der Waals surface area contributed by atoms with Crippen LogP contribution >= 0.6 is 0 Å². The van der Waals surface area contributed by atoms with Crippen LogP contribution in [0.25, 0.3) is 0 Å². The van der Waals surface area contributed by atoms with E-state index < -0.39 is 0 Å². The van der Waals surface area contributed by atoms with Crippen molar-refractivity contribution in [2.45, 2.75) is 13.3 Å². The van der Waals surface area contributed by atoms with Gasteiger partial charge in [0.25, 0.3) is 5.91 Å². The van der Waals surface area contributed by atoms with E-state index >= 15 is 0 Å². The first kappa shape index (κ1) is 13.3. The van der Waals surface area contributed by atoms with E-state index in [1.54, 1.807) is 42.4 Å². The van der Waals surface area contributed by atoms with Crippen LogP contribution in [-0.2, 0) is 11.2 Å². The third kappa shape index (κ3) is 2.63. The van der Waals surface area contributed by atoms with Gasteiger partial charge in [-0.25, -0.2) is 0 Å². The van der Waals surface area contributed by atoms with Gasteiger partial charge in [0, 0.05) is 42.8 Å². The second-order valence-electron chi connectivity index (χ2n) is 4.95. The zero-order valence-corrected chi connectivity index (χ0v) is 11.7. The van der Waals surface area contributed by atoms with Gasteiger partial charge in [0.05, 0.1) is 0 Å². The molecule has 0 fully saturated rings. The number of carbonyl (C=O) groups is 2. The highest BCUT2D eigenvalue weighted by Gasteiger charge is 2.23. The van der Waals surface area contributed by atoms with Crippen LogP contribution in [0.4, 0.5) is 11.4 Å². The molecule has 1 aromatic carbocycles. The number of hydrogen-bond donors (Lipinski definition) is 1. The Balaban J connectivity index is 1.82. The van der Waals surface area contributed by atoms with Gasteiger partial charge in [0.2, 0.25) is 5.91 Å². The van der Waals surface area contributed by atoms with Gasteiger partial charge in [-0.3, -0.25) is 14.6 Å². The first-order valence-corrected chi connectivity index (χ1v) is 6.77. The van der Waals surface area contributed by atoms with Crippen LogP contribution in [0, 0.1) is 0 Å². The van der Waals surface area contributed by atoms with Gasteiger partial charge >= 0.3 is 0 Å². The number of hydrogen-bond acceptors (Lipinski definition) is 3. The molecular formula is C16H15N3O2. The number of pyridine rings is 1. The summed E-state index contributed by atoms with van der Waals surface area (Å²) in [6, 6.07) is 8.92. The largest absolute Gasteiger partial charge is 0.322 e. The lowest BCUT2D eigenvalue weighted by Crippen LogP contribution is -2.25. The van der Waals surface area contributed by atoms with E-state index in [9.17, 15) is 9.59 Å². The summed E-state index contributed by atoms with van der Waals surface area (Å²) in [4.78, 5) is 29.4. The van der Waals surface area contributed by atoms with Crippen molar-refractivity contribution >= 4 is 23.2 Å². The molecule has 2 heterocycles. The Labute approximate surface area is 122 Å². The molecule has 0 bridgehead atoms. The molecule has 2 amide bonds.